The summed E-state index contributed by atoms with van der Waals surface area (Å²) < 4.78 is 4.99. The Morgan fingerprint density at radius 3 is 2.73 bits per heavy atom. The average molecular weight is 304 g/mol. The third-order valence-electron chi connectivity index (χ3n) is 4.24. The Labute approximate surface area is 133 Å². The van der Waals surface area contributed by atoms with Crippen molar-refractivity contribution in [3.05, 3.63) is 29.8 Å². The topological polar surface area (TPSA) is 41.6 Å². The van der Waals surface area contributed by atoms with Crippen molar-refractivity contribution < 1.29 is 9.53 Å². The Bertz CT molecular complexity index is 470. The minimum Gasteiger partial charge on any atom is -0.384 e. The second-order valence-electron chi connectivity index (χ2n) is 6.34. The van der Waals surface area contributed by atoms with E-state index in [2.05, 4.69) is 43.4 Å². The maximum atomic E-state index is 12.1. The van der Waals surface area contributed by atoms with Crippen molar-refractivity contribution in [3.63, 3.8) is 0 Å². The van der Waals surface area contributed by atoms with Crippen LogP contribution in [0.2, 0.25) is 0 Å². The lowest BCUT2D eigenvalue weighted by molar-refractivity contribution is -0.133. The van der Waals surface area contributed by atoms with Crippen LogP contribution < -0.4 is 5.32 Å². The Morgan fingerprint density at radius 1 is 1.36 bits per heavy atom. The number of rotatable bonds is 6. The molecule has 0 saturated carbocycles. The summed E-state index contributed by atoms with van der Waals surface area (Å²) in [5.41, 5.74) is 2.49. The molecule has 1 amide bonds. The molecule has 1 aromatic rings. The molecule has 122 valence electrons. The monoisotopic (exact) mass is 304 g/mol. The fourth-order valence-electron chi connectivity index (χ4n) is 2.87. The Balaban J connectivity index is 1.88. The number of nitrogens with zero attached hydrogens (tertiary/aromatic N) is 1. The molecule has 0 aromatic heterocycles. The lowest BCUT2D eigenvalue weighted by atomic mass is 10.0. The van der Waals surface area contributed by atoms with E-state index < -0.39 is 0 Å². The van der Waals surface area contributed by atoms with E-state index in [9.17, 15) is 4.79 Å². The summed E-state index contributed by atoms with van der Waals surface area (Å²) in [5.74, 6) is 0.751. The third-order valence-corrected chi connectivity index (χ3v) is 4.24. The number of piperidine rings is 1. The van der Waals surface area contributed by atoms with Crippen LogP contribution in [0.15, 0.2) is 24.3 Å². The standard InChI is InChI=1S/C18H28N2O2/c1-14(2)15-6-8-16(9-7-15)19-17-5-4-11-20(13-17)18(21)10-12-22-3/h6-9,14,17,19H,4-5,10-13H2,1-3H3/t17-/m0/s1. The maximum Gasteiger partial charge on any atom is 0.224 e. The van der Waals surface area contributed by atoms with Gasteiger partial charge in [0.25, 0.3) is 0 Å². The highest BCUT2D eigenvalue weighted by Gasteiger charge is 2.23. The zero-order chi connectivity index (χ0) is 15.9. The molecule has 1 N–H and O–H groups in total. The number of amides is 1. The molecule has 0 spiro atoms. The van der Waals surface area contributed by atoms with Crippen molar-refractivity contribution in [2.45, 2.75) is 45.1 Å². The van der Waals surface area contributed by atoms with Gasteiger partial charge in [-0.2, -0.15) is 0 Å². The van der Waals surface area contributed by atoms with Crippen molar-refractivity contribution in [2.75, 3.05) is 32.1 Å². The average Bonchev–Trinajstić information content (AvgIpc) is 2.53. The first-order valence-corrected chi connectivity index (χ1v) is 8.23. The first kappa shape index (κ1) is 16.8. The van der Waals surface area contributed by atoms with Gasteiger partial charge in [-0.3, -0.25) is 4.79 Å². The fraction of sp³-hybridized carbons (Fsp3) is 0.611. The number of carbonyl (C=O) groups is 1. The van der Waals surface area contributed by atoms with Gasteiger partial charge in [-0.15, -0.1) is 0 Å². The van der Waals surface area contributed by atoms with Crippen LogP contribution in [0, 0.1) is 0 Å². The van der Waals surface area contributed by atoms with Gasteiger partial charge in [0, 0.05) is 31.9 Å². The van der Waals surface area contributed by atoms with Crippen LogP contribution in [0.1, 0.15) is 44.6 Å². The molecule has 0 bridgehead atoms. The summed E-state index contributed by atoms with van der Waals surface area (Å²) in [5, 5.41) is 3.56. The van der Waals surface area contributed by atoms with Crippen LogP contribution in [0.5, 0.6) is 0 Å². The van der Waals surface area contributed by atoms with Gasteiger partial charge in [0.15, 0.2) is 0 Å². The van der Waals surface area contributed by atoms with Gasteiger partial charge in [-0.25, -0.2) is 0 Å². The van der Waals surface area contributed by atoms with Crippen LogP contribution in [0.4, 0.5) is 5.69 Å². The number of carbonyl (C=O) groups excluding carboxylic acids is 1. The molecule has 22 heavy (non-hydrogen) atoms. The van der Waals surface area contributed by atoms with E-state index in [1.165, 1.54) is 5.56 Å². The van der Waals surface area contributed by atoms with Crippen molar-refractivity contribution >= 4 is 11.6 Å². The van der Waals surface area contributed by atoms with E-state index in [0.29, 0.717) is 25.0 Å². The van der Waals surface area contributed by atoms with Gasteiger partial charge in [0.1, 0.15) is 0 Å². The highest BCUT2D eigenvalue weighted by Crippen LogP contribution is 2.20. The van der Waals surface area contributed by atoms with Crippen LogP contribution in [-0.4, -0.2) is 43.7 Å². The third kappa shape index (κ3) is 4.73. The summed E-state index contributed by atoms with van der Waals surface area (Å²) in [4.78, 5) is 14.1. The molecule has 1 heterocycles. The van der Waals surface area contributed by atoms with Gasteiger partial charge in [0.2, 0.25) is 5.91 Å². The number of benzene rings is 1. The van der Waals surface area contributed by atoms with Crippen molar-refractivity contribution in [3.8, 4) is 0 Å². The van der Waals surface area contributed by atoms with Crippen molar-refractivity contribution in [1.82, 2.24) is 4.90 Å². The molecule has 0 aliphatic carbocycles. The van der Waals surface area contributed by atoms with Gasteiger partial charge >= 0.3 is 0 Å². The molecule has 1 aliphatic rings. The summed E-state index contributed by atoms with van der Waals surface area (Å²) in [6.07, 6.45) is 2.65. The molecule has 4 nitrogen and oxygen atoms in total. The highest BCUT2D eigenvalue weighted by molar-refractivity contribution is 5.76. The molecule has 0 unspecified atom stereocenters. The number of anilines is 1. The quantitative estimate of drug-likeness (QED) is 0.877. The van der Waals surface area contributed by atoms with E-state index in [1.54, 1.807) is 7.11 Å². The van der Waals surface area contributed by atoms with Crippen LogP contribution in [0.3, 0.4) is 0 Å². The summed E-state index contributed by atoms with van der Waals surface area (Å²) in [6.45, 7) is 6.56. The van der Waals surface area contributed by atoms with E-state index in [4.69, 9.17) is 4.74 Å². The number of methoxy groups -OCH3 is 1. The van der Waals surface area contributed by atoms with Gasteiger partial charge in [0.05, 0.1) is 13.0 Å². The van der Waals surface area contributed by atoms with Crippen molar-refractivity contribution in [1.29, 1.82) is 0 Å². The molecule has 1 fully saturated rings. The van der Waals surface area contributed by atoms with Crippen molar-refractivity contribution in [2.24, 2.45) is 0 Å². The smallest absolute Gasteiger partial charge is 0.224 e. The predicted octanol–water partition coefficient (Wildman–Crippen LogP) is 3.25. The largest absolute Gasteiger partial charge is 0.384 e. The minimum absolute atomic E-state index is 0.198. The number of hydrogen-bond acceptors (Lipinski definition) is 3. The molecule has 1 atom stereocenters. The Kier molecular flexibility index (Phi) is 6.25. The first-order chi connectivity index (χ1) is 10.6. The van der Waals surface area contributed by atoms with E-state index in [-0.39, 0.29) is 5.91 Å². The first-order valence-electron chi connectivity index (χ1n) is 8.23. The molecule has 0 radical (unpaired) electrons. The molecule has 2 rings (SSSR count). The number of hydrogen-bond donors (Lipinski definition) is 1. The highest BCUT2D eigenvalue weighted by atomic mass is 16.5. The zero-order valence-corrected chi connectivity index (χ0v) is 14.0. The van der Waals surface area contributed by atoms with E-state index in [1.807, 2.05) is 4.90 Å². The van der Waals surface area contributed by atoms with Crippen LogP contribution in [-0.2, 0) is 9.53 Å². The molecule has 1 saturated heterocycles. The molecule has 1 aliphatic heterocycles. The van der Waals surface area contributed by atoms with Crippen LogP contribution in [0.25, 0.3) is 0 Å². The molecular weight excluding hydrogens is 276 g/mol. The van der Waals surface area contributed by atoms with E-state index in [0.717, 1.165) is 31.6 Å². The zero-order valence-electron chi connectivity index (χ0n) is 14.0. The molecule has 4 heteroatoms. The van der Waals surface area contributed by atoms with E-state index >= 15 is 0 Å². The summed E-state index contributed by atoms with van der Waals surface area (Å²) in [6, 6.07) is 8.97. The predicted molar refractivity (Wildman–Crippen MR) is 90.2 cm³/mol. The lowest BCUT2D eigenvalue weighted by Gasteiger charge is -2.33. The van der Waals surface area contributed by atoms with Gasteiger partial charge in [-0.1, -0.05) is 26.0 Å². The van der Waals surface area contributed by atoms with Crippen LogP contribution >= 0.6 is 0 Å². The lowest BCUT2D eigenvalue weighted by Crippen LogP contribution is -2.45. The number of nitrogens with one attached hydrogen (secondary N) is 1. The van der Waals surface area contributed by atoms with Gasteiger partial charge in [-0.05, 0) is 36.5 Å². The Morgan fingerprint density at radius 2 is 2.09 bits per heavy atom. The molecular formula is C18H28N2O2. The maximum absolute atomic E-state index is 12.1. The number of likely N-dealkylation sites (tertiary alicyclic amines) is 1. The second kappa shape index (κ2) is 8.18. The summed E-state index contributed by atoms with van der Waals surface area (Å²) >= 11 is 0. The normalized spacial score (nSPS) is 18.5. The fourth-order valence-corrected chi connectivity index (χ4v) is 2.87. The molecule has 1 aromatic carbocycles. The minimum atomic E-state index is 0.198. The van der Waals surface area contributed by atoms with Gasteiger partial charge < -0.3 is 15.0 Å². The Hall–Kier alpha value is -1.55. The SMILES string of the molecule is COCCC(=O)N1CCC[C@H](Nc2ccc(C(C)C)cc2)C1. The second-order valence-corrected chi connectivity index (χ2v) is 6.34. The summed E-state index contributed by atoms with van der Waals surface area (Å²) in [7, 11) is 1.63. The number of ether oxygens (including phenoxy) is 1.